The number of halogens is 1. The van der Waals surface area contributed by atoms with Gasteiger partial charge in [-0.1, -0.05) is 12.1 Å². The molecule has 2 aromatic heterocycles. The summed E-state index contributed by atoms with van der Waals surface area (Å²) < 4.78 is 25.9. The van der Waals surface area contributed by atoms with E-state index in [0.717, 1.165) is 0 Å². The van der Waals surface area contributed by atoms with Crippen molar-refractivity contribution >= 4 is 11.0 Å². The Morgan fingerprint density at radius 2 is 2.00 bits per heavy atom. The highest BCUT2D eigenvalue weighted by molar-refractivity contribution is 5.86. The van der Waals surface area contributed by atoms with Crippen LogP contribution in [0.4, 0.5) is 4.39 Å². The number of fused-ring (bicyclic) bond motifs is 1. The molecule has 2 heterocycles. The van der Waals surface area contributed by atoms with E-state index >= 15 is 0 Å². The molecule has 0 amide bonds. The molecular formula is C19H14FN3O4. The van der Waals surface area contributed by atoms with E-state index in [1.54, 1.807) is 19.2 Å². The second-order valence-electron chi connectivity index (χ2n) is 5.91. The molecule has 0 radical (unpaired) electrons. The summed E-state index contributed by atoms with van der Waals surface area (Å²) in [7, 11) is 1.67. The van der Waals surface area contributed by atoms with Crippen LogP contribution in [0.2, 0.25) is 0 Å². The minimum absolute atomic E-state index is 0.101. The molecule has 0 spiro atoms. The molecule has 0 saturated carbocycles. The van der Waals surface area contributed by atoms with Crippen LogP contribution < -0.4 is 10.2 Å². The molecule has 0 unspecified atom stereocenters. The second kappa shape index (κ2) is 6.56. The lowest BCUT2D eigenvalue weighted by molar-refractivity contribution is 0.307. The number of nitrogens with zero attached hydrogens (tertiary/aromatic N) is 3. The zero-order valence-electron chi connectivity index (χ0n) is 14.2. The van der Waals surface area contributed by atoms with Gasteiger partial charge in [-0.25, -0.2) is 14.1 Å². The van der Waals surface area contributed by atoms with Crippen molar-refractivity contribution in [2.24, 2.45) is 7.05 Å². The first kappa shape index (κ1) is 16.8. The molecule has 8 heteroatoms. The van der Waals surface area contributed by atoms with Crippen LogP contribution in [0.25, 0.3) is 22.6 Å². The fourth-order valence-corrected chi connectivity index (χ4v) is 2.72. The van der Waals surface area contributed by atoms with E-state index in [4.69, 9.17) is 9.15 Å². The number of hydrogen-bond acceptors (Lipinski definition) is 6. The van der Waals surface area contributed by atoms with Gasteiger partial charge in [-0.3, -0.25) is 4.79 Å². The van der Waals surface area contributed by atoms with E-state index in [-0.39, 0.29) is 46.1 Å². The first-order chi connectivity index (χ1) is 13.0. The standard InChI is InChI=1S/C19H14FN3O4/c1-23-19(21-10-22-23)17-8-14(25)18-15(6-13(24)7-16(18)27-17)26-9-11-2-4-12(20)5-3-11/h2-8,10,24H,9H2,1H3. The summed E-state index contributed by atoms with van der Waals surface area (Å²) in [6, 6.07) is 9.77. The first-order valence-corrected chi connectivity index (χ1v) is 8.04. The molecule has 27 heavy (non-hydrogen) atoms. The third-order valence-electron chi connectivity index (χ3n) is 4.02. The van der Waals surface area contributed by atoms with Crippen LogP contribution >= 0.6 is 0 Å². The number of phenolic OH excluding ortho intramolecular Hbond substituents is 1. The Hall–Kier alpha value is -3.68. The van der Waals surface area contributed by atoms with Gasteiger partial charge in [-0.15, -0.1) is 0 Å². The lowest BCUT2D eigenvalue weighted by Gasteiger charge is -2.10. The van der Waals surface area contributed by atoms with Crippen molar-refractivity contribution in [2.45, 2.75) is 6.61 Å². The molecule has 0 bridgehead atoms. The summed E-state index contributed by atoms with van der Waals surface area (Å²) in [5.41, 5.74) is 0.533. The van der Waals surface area contributed by atoms with Gasteiger partial charge in [-0.2, -0.15) is 5.10 Å². The highest BCUT2D eigenvalue weighted by atomic mass is 19.1. The van der Waals surface area contributed by atoms with Crippen LogP contribution in [-0.2, 0) is 13.7 Å². The van der Waals surface area contributed by atoms with Crippen LogP contribution in [0.1, 0.15) is 5.56 Å². The Balaban J connectivity index is 1.76. The molecule has 2 aromatic carbocycles. The summed E-state index contributed by atoms with van der Waals surface area (Å²) in [5.74, 6) is 0.315. The van der Waals surface area contributed by atoms with E-state index in [1.165, 1.54) is 41.3 Å². The molecule has 0 aliphatic heterocycles. The monoisotopic (exact) mass is 367 g/mol. The number of phenols is 1. The van der Waals surface area contributed by atoms with Crippen molar-refractivity contribution in [3.05, 3.63) is 70.4 Å². The van der Waals surface area contributed by atoms with Crippen molar-refractivity contribution in [1.82, 2.24) is 14.8 Å². The number of aromatic hydroxyl groups is 1. The van der Waals surface area contributed by atoms with Crippen LogP contribution in [0.5, 0.6) is 11.5 Å². The predicted octanol–water partition coefficient (Wildman–Crippen LogP) is 3.01. The van der Waals surface area contributed by atoms with Gasteiger partial charge >= 0.3 is 0 Å². The lowest BCUT2D eigenvalue weighted by atomic mass is 10.2. The van der Waals surface area contributed by atoms with Crippen molar-refractivity contribution in [3.63, 3.8) is 0 Å². The van der Waals surface area contributed by atoms with Gasteiger partial charge in [0.25, 0.3) is 0 Å². The molecule has 0 aliphatic rings. The van der Waals surface area contributed by atoms with E-state index in [0.29, 0.717) is 11.4 Å². The maximum atomic E-state index is 13.0. The van der Waals surface area contributed by atoms with Crippen molar-refractivity contribution < 1.29 is 18.7 Å². The van der Waals surface area contributed by atoms with Gasteiger partial charge in [-0.05, 0) is 17.7 Å². The van der Waals surface area contributed by atoms with E-state index in [1.807, 2.05) is 0 Å². The van der Waals surface area contributed by atoms with Gasteiger partial charge in [0, 0.05) is 25.2 Å². The summed E-state index contributed by atoms with van der Waals surface area (Å²) in [5, 5.41) is 14.1. The number of aromatic nitrogens is 3. The smallest absolute Gasteiger partial charge is 0.197 e. The van der Waals surface area contributed by atoms with Crippen LogP contribution in [0.3, 0.4) is 0 Å². The Morgan fingerprint density at radius 3 is 2.70 bits per heavy atom. The fourth-order valence-electron chi connectivity index (χ4n) is 2.72. The molecule has 4 rings (SSSR count). The van der Waals surface area contributed by atoms with E-state index < -0.39 is 0 Å². The van der Waals surface area contributed by atoms with Gasteiger partial charge < -0.3 is 14.3 Å². The van der Waals surface area contributed by atoms with Gasteiger partial charge in [0.2, 0.25) is 0 Å². The maximum Gasteiger partial charge on any atom is 0.197 e. The Kier molecular flexibility index (Phi) is 4.08. The molecule has 1 N–H and O–H groups in total. The molecule has 7 nitrogen and oxygen atoms in total. The van der Waals surface area contributed by atoms with E-state index in [9.17, 15) is 14.3 Å². The SMILES string of the molecule is Cn1ncnc1-c1cc(=O)c2c(OCc3ccc(F)cc3)cc(O)cc2o1. The molecule has 4 aromatic rings. The zero-order chi connectivity index (χ0) is 19.0. The number of benzene rings is 2. The Morgan fingerprint density at radius 1 is 1.22 bits per heavy atom. The first-order valence-electron chi connectivity index (χ1n) is 8.04. The number of hydrogen-bond donors (Lipinski definition) is 1. The lowest BCUT2D eigenvalue weighted by Crippen LogP contribution is -2.06. The third-order valence-corrected chi connectivity index (χ3v) is 4.02. The zero-order valence-corrected chi connectivity index (χ0v) is 14.2. The maximum absolute atomic E-state index is 13.0. The summed E-state index contributed by atoms with van der Waals surface area (Å²) in [6.45, 7) is 0.101. The highest BCUT2D eigenvalue weighted by Crippen LogP contribution is 2.31. The predicted molar refractivity (Wildman–Crippen MR) is 94.9 cm³/mol. The fraction of sp³-hybridized carbons (Fsp3) is 0.105. The van der Waals surface area contributed by atoms with Crippen LogP contribution in [0.15, 0.2) is 58.0 Å². The van der Waals surface area contributed by atoms with E-state index in [2.05, 4.69) is 10.1 Å². The van der Waals surface area contributed by atoms with Crippen molar-refractivity contribution in [2.75, 3.05) is 0 Å². The average Bonchev–Trinajstić information content (AvgIpc) is 3.06. The molecule has 0 aliphatic carbocycles. The highest BCUT2D eigenvalue weighted by Gasteiger charge is 2.16. The minimum Gasteiger partial charge on any atom is -0.508 e. The quantitative estimate of drug-likeness (QED) is 0.596. The Labute approximate surface area is 152 Å². The molecule has 0 saturated heterocycles. The number of ether oxygens (including phenoxy) is 1. The summed E-state index contributed by atoms with van der Waals surface area (Å²) >= 11 is 0. The van der Waals surface area contributed by atoms with Crippen molar-refractivity contribution in [3.8, 4) is 23.1 Å². The van der Waals surface area contributed by atoms with Crippen LogP contribution in [-0.4, -0.2) is 19.9 Å². The number of aryl methyl sites for hydroxylation is 1. The van der Waals surface area contributed by atoms with Crippen LogP contribution in [0, 0.1) is 5.82 Å². The van der Waals surface area contributed by atoms with Gasteiger partial charge in [0.05, 0.1) is 0 Å². The minimum atomic E-state index is -0.349. The van der Waals surface area contributed by atoms with Gasteiger partial charge in [0.1, 0.15) is 41.2 Å². The summed E-state index contributed by atoms with van der Waals surface area (Å²) in [6.07, 6.45) is 1.35. The molecule has 136 valence electrons. The third kappa shape index (κ3) is 3.24. The Bertz CT molecular complexity index is 1180. The number of rotatable bonds is 4. The largest absolute Gasteiger partial charge is 0.508 e. The molecule has 0 fully saturated rings. The normalized spacial score (nSPS) is 11.0. The topological polar surface area (TPSA) is 90.4 Å². The van der Waals surface area contributed by atoms with Crippen molar-refractivity contribution in [1.29, 1.82) is 0 Å². The average molecular weight is 367 g/mol. The summed E-state index contributed by atoms with van der Waals surface area (Å²) in [4.78, 5) is 16.7. The molecular weight excluding hydrogens is 353 g/mol. The molecule has 0 atom stereocenters. The second-order valence-corrected chi connectivity index (χ2v) is 5.91. The van der Waals surface area contributed by atoms with Gasteiger partial charge in [0.15, 0.2) is 17.0 Å².